The van der Waals surface area contributed by atoms with Gasteiger partial charge in [0.2, 0.25) is 11.8 Å². The van der Waals surface area contributed by atoms with E-state index >= 15 is 0 Å². The van der Waals surface area contributed by atoms with E-state index in [4.69, 9.17) is 26.9 Å². The van der Waals surface area contributed by atoms with Crippen molar-refractivity contribution in [3.05, 3.63) is 30.0 Å². The molecule has 2 aromatic rings. The van der Waals surface area contributed by atoms with Gasteiger partial charge in [-0.05, 0) is 44.7 Å². The minimum absolute atomic E-state index is 0. The molecular weight excluding hydrogens is 647 g/mol. The summed E-state index contributed by atoms with van der Waals surface area (Å²) in [6, 6.07) is 5.67. The average molecular weight is 696 g/mol. The Morgan fingerprint density at radius 3 is 2.31 bits per heavy atom. The molecule has 0 fully saturated rings. The molecule has 0 bridgehead atoms. The number of benzene rings is 1. The number of ether oxygens (including phenoxy) is 1. The van der Waals surface area contributed by atoms with Gasteiger partial charge in [-0.1, -0.05) is 26.8 Å². The number of aromatic nitrogens is 1. The average Bonchev–Trinajstić information content (AvgIpc) is 2.91. The number of aliphatic carboxylic acids is 1. The standard InChI is InChI=1S/C29H46N8O5.3ClH/c1-17(35-21-15-19(42-5)14-18-10-11-23(29(2,3)4)37-25(18)21)8-6-12-33-24(38)16-22(27(40)41)36-26(39)20(30)9-7-13-34-28(31)32;;;/h10-11,14-15,17,20,22,35H,6-9,12-13,16,30H2,1-5H3,(H,33,38)(H,36,39)(H,40,41)(H4,31,32,34);3*1H/t17?,20-,22+;;;/m0.../s1. The fourth-order valence-electron chi connectivity index (χ4n) is 4.21. The zero-order valence-electron chi connectivity index (χ0n) is 26.4. The van der Waals surface area contributed by atoms with E-state index in [1.54, 1.807) is 7.11 Å². The van der Waals surface area contributed by atoms with E-state index < -0.39 is 36.3 Å². The molecule has 16 heteroatoms. The largest absolute Gasteiger partial charge is 0.497 e. The van der Waals surface area contributed by atoms with Crippen LogP contribution < -0.4 is 37.9 Å². The fourth-order valence-corrected chi connectivity index (χ4v) is 4.21. The predicted octanol–water partition coefficient (Wildman–Crippen LogP) is 2.84. The Balaban J connectivity index is 0. The molecule has 13 nitrogen and oxygen atoms in total. The Morgan fingerprint density at radius 2 is 1.73 bits per heavy atom. The van der Waals surface area contributed by atoms with Crippen molar-refractivity contribution in [1.82, 2.24) is 15.6 Å². The van der Waals surface area contributed by atoms with Crippen LogP contribution in [0.2, 0.25) is 0 Å². The number of pyridine rings is 1. The molecule has 10 N–H and O–H groups in total. The number of fused-ring (bicyclic) bond motifs is 1. The Labute approximate surface area is 283 Å². The highest BCUT2D eigenvalue weighted by atomic mass is 35.5. The highest BCUT2D eigenvalue weighted by molar-refractivity contribution is 5.92. The number of hydrogen-bond donors (Lipinski definition) is 7. The number of hydrogen-bond acceptors (Lipinski definition) is 8. The maximum Gasteiger partial charge on any atom is 0.326 e. The summed E-state index contributed by atoms with van der Waals surface area (Å²) in [5, 5.41) is 19.0. The third-order valence-electron chi connectivity index (χ3n) is 6.62. The lowest BCUT2D eigenvalue weighted by Crippen LogP contribution is -2.50. The summed E-state index contributed by atoms with van der Waals surface area (Å²) < 4.78 is 5.48. The molecule has 45 heavy (non-hydrogen) atoms. The lowest BCUT2D eigenvalue weighted by atomic mass is 9.91. The number of nitrogens with one attached hydrogen (secondary N) is 3. The first-order valence-electron chi connectivity index (χ1n) is 14.1. The van der Waals surface area contributed by atoms with Crippen LogP contribution in [-0.2, 0) is 19.8 Å². The second-order valence-corrected chi connectivity index (χ2v) is 11.4. The molecule has 3 atom stereocenters. The van der Waals surface area contributed by atoms with Crippen LogP contribution in [0, 0.1) is 0 Å². The molecular formula is C29H49Cl3N8O5. The molecule has 0 saturated heterocycles. The normalized spacial score (nSPS) is 12.6. The molecule has 2 amide bonds. The number of rotatable bonds is 16. The number of nitrogens with zero attached hydrogens (tertiary/aromatic N) is 2. The highest BCUT2D eigenvalue weighted by Crippen LogP contribution is 2.31. The zero-order valence-corrected chi connectivity index (χ0v) is 28.9. The lowest BCUT2D eigenvalue weighted by Gasteiger charge is -2.21. The summed E-state index contributed by atoms with van der Waals surface area (Å²) in [4.78, 5) is 45.1. The second kappa shape index (κ2) is 20.7. The Kier molecular flexibility index (Phi) is 20.2. The van der Waals surface area contributed by atoms with Crippen LogP contribution in [0.1, 0.15) is 65.5 Å². The van der Waals surface area contributed by atoms with Crippen LogP contribution in [0.3, 0.4) is 0 Å². The number of carbonyl (C=O) groups is 3. The molecule has 0 aliphatic carbocycles. The van der Waals surface area contributed by atoms with Crippen molar-refractivity contribution < 1.29 is 24.2 Å². The van der Waals surface area contributed by atoms with Crippen LogP contribution in [0.4, 0.5) is 5.69 Å². The number of anilines is 1. The minimum atomic E-state index is -1.39. The zero-order chi connectivity index (χ0) is 31.4. The molecule has 0 aliphatic heterocycles. The summed E-state index contributed by atoms with van der Waals surface area (Å²) in [5.74, 6) is -1.80. The predicted molar refractivity (Wildman–Crippen MR) is 186 cm³/mol. The van der Waals surface area contributed by atoms with E-state index in [0.29, 0.717) is 25.9 Å². The summed E-state index contributed by atoms with van der Waals surface area (Å²) in [7, 11) is 1.62. The van der Waals surface area contributed by atoms with Crippen molar-refractivity contribution in [2.45, 2.75) is 83.3 Å². The summed E-state index contributed by atoms with van der Waals surface area (Å²) in [6.07, 6.45) is 1.67. The van der Waals surface area contributed by atoms with Crippen LogP contribution in [0.25, 0.3) is 10.9 Å². The van der Waals surface area contributed by atoms with E-state index in [2.05, 4.69) is 41.7 Å². The number of carbonyl (C=O) groups excluding carboxylic acids is 2. The minimum Gasteiger partial charge on any atom is -0.497 e. The Hall–Kier alpha value is -3.26. The van der Waals surface area contributed by atoms with Crippen molar-refractivity contribution >= 4 is 77.6 Å². The third kappa shape index (κ3) is 15.0. The van der Waals surface area contributed by atoms with Crippen molar-refractivity contribution in [3.8, 4) is 5.75 Å². The summed E-state index contributed by atoms with van der Waals surface area (Å²) in [6.45, 7) is 9.05. The molecule has 1 heterocycles. The van der Waals surface area contributed by atoms with Gasteiger partial charge < -0.3 is 43.0 Å². The van der Waals surface area contributed by atoms with Gasteiger partial charge in [0.15, 0.2) is 5.96 Å². The molecule has 1 aromatic heterocycles. The van der Waals surface area contributed by atoms with Gasteiger partial charge in [-0.15, -0.1) is 37.2 Å². The van der Waals surface area contributed by atoms with Crippen molar-refractivity contribution in [3.63, 3.8) is 0 Å². The molecule has 0 saturated carbocycles. The van der Waals surface area contributed by atoms with E-state index in [1.807, 2.05) is 31.2 Å². The number of carboxylic acid groups (broad SMARTS) is 1. The van der Waals surface area contributed by atoms with Crippen LogP contribution in [0.5, 0.6) is 5.75 Å². The number of methoxy groups -OCH3 is 1. The topological polar surface area (TPSA) is 220 Å². The maximum absolute atomic E-state index is 12.4. The number of guanidine groups is 1. The summed E-state index contributed by atoms with van der Waals surface area (Å²) in [5.41, 5.74) is 19.0. The Morgan fingerprint density at radius 1 is 1.07 bits per heavy atom. The van der Waals surface area contributed by atoms with E-state index in [-0.39, 0.29) is 61.1 Å². The highest BCUT2D eigenvalue weighted by Gasteiger charge is 2.25. The van der Waals surface area contributed by atoms with Crippen molar-refractivity contribution in [1.29, 1.82) is 0 Å². The van der Waals surface area contributed by atoms with Crippen LogP contribution in [-0.4, -0.2) is 72.2 Å². The van der Waals surface area contributed by atoms with Crippen LogP contribution in [0.15, 0.2) is 29.3 Å². The number of carboxylic acids is 1. The molecule has 0 spiro atoms. The van der Waals surface area contributed by atoms with Gasteiger partial charge >= 0.3 is 5.97 Å². The SMILES string of the molecule is COc1cc(NC(C)CCCNC(=O)C[C@@H](NC(=O)[C@@H](N)CCCN=C(N)N)C(=O)O)c2nc(C(C)(C)C)ccc2c1.Cl.Cl.Cl. The maximum atomic E-state index is 12.4. The van der Waals surface area contributed by atoms with Gasteiger partial charge in [-0.3, -0.25) is 19.6 Å². The van der Waals surface area contributed by atoms with E-state index in [9.17, 15) is 19.5 Å². The van der Waals surface area contributed by atoms with Crippen molar-refractivity contribution in [2.24, 2.45) is 22.2 Å². The first kappa shape index (κ1) is 43.9. The second-order valence-electron chi connectivity index (χ2n) is 11.4. The van der Waals surface area contributed by atoms with E-state index in [1.165, 1.54) is 0 Å². The molecule has 1 aromatic carbocycles. The molecule has 1 unspecified atom stereocenters. The smallest absolute Gasteiger partial charge is 0.326 e. The van der Waals surface area contributed by atoms with E-state index in [0.717, 1.165) is 34.5 Å². The monoisotopic (exact) mass is 694 g/mol. The van der Waals surface area contributed by atoms with Gasteiger partial charge in [0, 0.05) is 41.7 Å². The third-order valence-corrected chi connectivity index (χ3v) is 6.62. The molecule has 2 rings (SSSR count). The van der Waals surface area contributed by atoms with Gasteiger partial charge in [-0.2, -0.15) is 0 Å². The molecule has 0 radical (unpaired) electrons. The number of aliphatic imine (C=N–C) groups is 1. The number of halogens is 3. The quantitative estimate of drug-likeness (QED) is 0.0773. The number of amides is 2. The van der Waals surface area contributed by atoms with Crippen LogP contribution >= 0.6 is 37.2 Å². The Bertz CT molecular complexity index is 1270. The van der Waals surface area contributed by atoms with Gasteiger partial charge in [0.1, 0.15) is 11.8 Å². The van der Waals surface area contributed by atoms with Gasteiger partial charge in [-0.25, -0.2) is 4.79 Å². The fraction of sp³-hybridized carbons (Fsp3) is 0.552. The molecule has 256 valence electrons. The first-order valence-corrected chi connectivity index (χ1v) is 14.1. The summed E-state index contributed by atoms with van der Waals surface area (Å²) >= 11 is 0. The van der Waals surface area contributed by atoms with Crippen molar-refractivity contribution in [2.75, 3.05) is 25.5 Å². The first-order chi connectivity index (χ1) is 19.7. The van der Waals surface area contributed by atoms with Gasteiger partial charge in [0.05, 0.1) is 30.8 Å². The molecule has 0 aliphatic rings. The number of nitrogens with two attached hydrogens (primary N) is 3. The van der Waals surface area contributed by atoms with Gasteiger partial charge in [0.25, 0.3) is 0 Å². The lowest BCUT2D eigenvalue weighted by molar-refractivity contribution is -0.143.